The maximum Gasteiger partial charge on any atom is 0.356 e. The van der Waals surface area contributed by atoms with Crippen molar-refractivity contribution in [1.82, 2.24) is 14.7 Å². The van der Waals surface area contributed by atoms with Crippen LogP contribution in [-0.2, 0) is 6.42 Å². The lowest BCUT2D eigenvalue weighted by molar-refractivity contribution is 0.0693. The first kappa shape index (κ1) is 12.9. The largest absolute Gasteiger partial charge is 0.476 e. The van der Waals surface area contributed by atoms with Crippen LogP contribution in [0.2, 0.25) is 5.02 Å². The Labute approximate surface area is 109 Å². The number of aryl methyl sites for hydroxylation is 1. The van der Waals surface area contributed by atoms with E-state index in [0.717, 1.165) is 18.8 Å². The average molecular weight is 268 g/mol. The van der Waals surface area contributed by atoms with Gasteiger partial charge in [0.1, 0.15) is 5.82 Å². The monoisotopic (exact) mass is 267 g/mol. The first-order valence-corrected chi connectivity index (χ1v) is 6.06. The topological polar surface area (TPSA) is 66.6 Å². The minimum absolute atomic E-state index is 0.0139. The molecule has 0 saturated carbocycles. The van der Waals surface area contributed by atoms with Crippen molar-refractivity contribution >= 4 is 23.1 Å². The van der Waals surface area contributed by atoms with Crippen LogP contribution in [0.25, 0.3) is 5.52 Å². The van der Waals surface area contributed by atoms with Gasteiger partial charge >= 0.3 is 5.97 Å². The number of nitrogens with one attached hydrogen (secondary N) is 1. The van der Waals surface area contributed by atoms with Gasteiger partial charge < -0.3 is 14.8 Å². The molecule has 0 atom stereocenters. The molecule has 5 nitrogen and oxygen atoms in total. The van der Waals surface area contributed by atoms with Crippen molar-refractivity contribution in [2.45, 2.75) is 12.8 Å². The molecule has 96 valence electrons. The summed E-state index contributed by atoms with van der Waals surface area (Å²) >= 11 is 6.04. The van der Waals surface area contributed by atoms with Gasteiger partial charge in [0, 0.05) is 12.6 Å². The fraction of sp³-hybridized carbons (Fsp3) is 0.333. The molecular weight excluding hydrogens is 254 g/mol. The molecule has 2 heterocycles. The Bertz CT molecular complexity index is 580. The summed E-state index contributed by atoms with van der Waals surface area (Å²) in [5.74, 6) is -0.333. The predicted molar refractivity (Wildman–Crippen MR) is 69.4 cm³/mol. The number of nitrogens with zero attached hydrogens (tertiary/aromatic N) is 2. The van der Waals surface area contributed by atoms with Gasteiger partial charge in [-0.3, -0.25) is 0 Å². The van der Waals surface area contributed by atoms with Gasteiger partial charge in [0.2, 0.25) is 0 Å². The Morgan fingerprint density at radius 2 is 2.39 bits per heavy atom. The van der Waals surface area contributed by atoms with E-state index >= 15 is 0 Å². The Morgan fingerprint density at radius 1 is 1.61 bits per heavy atom. The third-order valence-electron chi connectivity index (χ3n) is 2.72. The molecule has 0 amide bonds. The number of carboxylic acids is 1. The van der Waals surface area contributed by atoms with Gasteiger partial charge in [-0.15, -0.1) is 0 Å². The zero-order valence-electron chi connectivity index (χ0n) is 9.98. The fourth-order valence-corrected chi connectivity index (χ4v) is 2.16. The highest BCUT2D eigenvalue weighted by Gasteiger charge is 2.18. The maximum atomic E-state index is 11.2. The van der Waals surface area contributed by atoms with Gasteiger partial charge in [-0.25, -0.2) is 9.78 Å². The molecule has 0 spiro atoms. The number of halogens is 1. The summed E-state index contributed by atoms with van der Waals surface area (Å²) in [6.45, 7) is 0.859. The lowest BCUT2D eigenvalue weighted by atomic mass is 10.3. The molecule has 0 saturated heterocycles. The number of carboxylic acid groups (broad SMARTS) is 1. The van der Waals surface area contributed by atoms with Gasteiger partial charge in [-0.1, -0.05) is 11.6 Å². The summed E-state index contributed by atoms with van der Waals surface area (Å²) in [6.07, 6.45) is 3.38. The van der Waals surface area contributed by atoms with Crippen LogP contribution in [-0.4, -0.2) is 34.1 Å². The van der Waals surface area contributed by atoms with Gasteiger partial charge in [0.15, 0.2) is 5.69 Å². The molecule has 6 heteroatoms. The molecule has 2 aromatic rings. The molecule has 0 unspecified atom stereocenters. The molecule has 0 fully saturated rings. The van der Waals surface area contributed by atoms with Crippen LogP contribution in [0.4, 0.5) is 0 Å². The highest BCUT2D eigenvalue weighted by molar-refractivity contribution is 6.34. The zero-order valence-corrected chi connectivity index (χ0v) is 10.7. The second-order valence-corrected chi connectivity index (χ2v) is 4.37. The maximum absolute atomic E-state index is 11.2. The van der Waals surface area contributed by atoms with Crippen molar-refractivity contribution in [3.05, 3.63) is 34.9 Å². The van der Waals surface area contributed by atoms with Crippen LogP contribution in [0, 0.1) is 0 Å². The molecule has 2 aromatic heterocycles. The van der Waals surface area contributed by atoms with Gasteiger partial charge in [-0.05, 0) is 32.1 Å². The van der Waals surface area contributed by atoms with Gasteiger partial charge in [0.05, 0.1) is 10.5 Å². The van der Waals surface area contributed by atoms with E-state index in [1.54, 1.807) is 22.7 Å². The number of hydrogen-bond donors (Lipinski definition) is 2. The van der Waals surface area contributed by atoms with Crippen molar-refractivity contribution in [1.29, 1.82) is 0 Å². The van der Waals surface area contributed by atoms with Crippen molar-refractivity contribution in [3.63, 3.8) is 0 Å². The number of hydrogen-bond acceptors (Lipinski definition) is 3. The Hall–Kier alpha value is -1.59. The highest BCUT2D eigenvalue weighted by Crippen LogP contribution is 2.22. The lowest BCUT2D eigenvalue weighted by Crippen LogP contribution is -2.09. The predicted octanol–water partition coefficient (Wildman–Crippen LogP) is 1.84. The van der Waals surface area contributed by atoms with Crippen molar-refractivity contribution in [2.75, 3.05) is 13.6 Å². The van der Waals surface area contributed by atoms with Gasteiger partial charge in [0.25, 0.3) is 0 Å². The Balaban J connectivity index is 2.48. The van der Waals surface area contributed by atoms with Crippen LogP contribution >= 0.6 is 11.6 Å². The first-order valence-electron chi connectivity index (χ1n) is 5.68. The summed E-state index contributed by atoms with van der Waals surface area (Å²) in [5.41, 5.74) is 0.478. The molecule has 0 radical (unpaired) electrons. The second-order valence-electron chi connectivity index (χ2n) is 3.96. The van der Waals surface area contributed by atoms with E-state index in [2.05, 4.69) is 10.3 Å². The van der Waals surface area contributed by atoms with Crippen LogP contribution in [0.15, 0.2) is 18.3 Å². The molecule has 0 bridgehead atoms. The average Bonchev–Trinajstić information content (AvgIpc) is 2.70. The Morgan fingerprint density at radius 3 is 3.06 bits per heavy atom. The molecule has 18 heavy (non-hydrogen) atoms. The number of imidazole rings is 1. The second kappa shape index (κ2) is 5.37. The molecule has 0 aliphatic heterocycles. The number of rotatable bonds is 5. The Kier molecular flexibility index (Phi) is 3.84. The van der Waals surface area contributed by atoms with E-state index in [1.165, 1.54) is 0 Å². The fourth-order valence-electron chi connectivity index (χ4n) is 1.91. The van der Waals surface area contributed by atoms with E-state index in [0.29, 0.717) is 17.0 Å². The molecule has 0 aromatic carbocycles. The normalized spacial score (nSPS) is 11.0. The summed E-state index contributed by atoms with van der Waals surface area (Å²) in [5, 5.41) is 12.6. The van der Waals surface area contributed by atoms with Crippen LogP contribution in [0.5, 0.6) is 0 Å². The third kappa shape index (κ3) is 2.32. The number of aromatic carboxylic acids is 1. The first-order chi connectivity index (χ1) is 8.65. The summed E-state index contributed by atoms with van der Waals surface area (Å²) in [4.78, 5) is 15.3. The number of aromatic nitrogens is 2. The molecule has 0 aliphatic rings. The minimum atomic E-state index is -1.06. The molecule has 0 aliphatic carbocycles. The van der Waals surface area contributed by atoms with Crippen LogP contribution < -0.4 is 5.32 Å². The minimum Gasteiger partial charge on any atom is -0.476 e. The summed E-state index contributed by atoms with van der Waals surface area (Å²) in [7, 11) is 1.88. The number of carbonyl (C=O) groups is 1. The van der Waals surface area contributed by atoms with Crippen molar-refractivity contribution < 1.29 is 9.90 Å². The summed E-state index contributed by atoms with van der Waals surface area (Å²) < 4.78 is 1.75. The number of pyridine rings is 1. The standard InChI is InChI=1S/C12H14ClN3O2/c1-14-6-2-5-9-15-10(12(17)18)11-8(13)4-3-7-16(9)11/h3-4,7,14H,2,5-6H2,1H3,(H,17,18). The summed E-state index contributed by atoms with van der Waals surface area (Å²) in [6, 6.07) is 3.45. The van der Waals surface area contributed by atoms with Crippen LogP contribution in [0.1, 0.15) is 22.7 Å². The van der Waals surface area contributed by atoms with E-state index in [-0.39, 0.29) is 5.69 Å². The zero-order chi connectivity index (χ0) is 13.1. The smallest absolute Gasteiger partial charge is 0.356 e. The molecule has 2 rings (SSSR count). The van der Waals surface area contributed by atoms with Gasteiger partial charge in [-0.2, -0.15) is 0 Å². The SMILES string of the molecule is CNCCCc1nc(C(=O)O)c2c(Cl)cccn12. The molecule has 2 N–H and O–H groups in total. The van der Waals surface area contributed by atoms with Crippen LogP contribution in [0.3, 0.4) is 0 Å². The van der Waals surface area contributed by atoms with Crippen molar-refractivity contribution in [3.8, 4) is 0 Å². The van der Waals surface area contributed by atoms with E-state index < -0.39 is 5.97 Å². The lowest BCUT2D eigenvalue weighted by Gasteiger charge is -2.01. The van der Waals surface area contributed by atoms with E-state index in [4.69, 9.17) is 16.7 Å². The quantitative estimate of drug-likeness (QED) is 0.811. The molecular formula is C12H14ClN3O2. The van der Waals surface area contributed by atoms with E-state index in [9.17, 15) is 4.79 Å². The van der Waals surface area contributed by atoms with E-state index in [1.807, 2.05) is 7.05 Å². The number of fused-ring (bicyclic) bond motifs is 1. The highest BCUT2D eigenvalue weighted by atomic mass is 35.5. The van der Waals surface area contributed by atoms with Crippen molar-refractivity contribution in [2.24, 2.45) is 0 Å². The third-order valence-corrected chi connectivity index (χ3v) is 3.02.